The number of rotatable bonds is 6. The van der Waals surface area contributed by atoms with Crippen LogP contribution in [0.3, 0.4) is 0 Å². The van der Waals surface area contributed by atoms with Crippen molar-refractivity contribution in [3.05, 3.63) is 37.7 Å². The summed E-state index contributed by atoms with van der Waals surface area (Å²) in [5.41, 5.74) is 3.65. The second-order valence-corrected chi connectivity index (χ2v) is 7.86. The summed E-state index contributed by atoms with van der Waals surface area (Å²) in [5.74, 6) is 0.855. The smallest absolute Gasteiger partial charge is 0.191 e. The predicted octanol–water partition coefficient (Wildman–Crippen LogP) is 4.17. The number of hydrogen-bond acceptors (Lipinski definition) is 3. The zero-order chi connectivity index (χ0) is 17.7. The van der Waals surface area contributed by atoms with Crippen LogP contribution in [-0.4, -0.2) is 28.3 Å². The number of thiophene rings is 1. The quantitative estimate of drug-likeness (QED) is 0.329. The summed E-state index contributed by atoms with van der Waals surface area (Å²) in [5, 5.41) is 13.4. The summed E-state index contributed by atoms with van der Waals surface area (Å²) in [7, 11) is 1.99. The largest absolute Gasteiger partial charge is 0.357 e. The van der Waals surface area contributed by atoms with Crippen molar-refractivity contribution in [1.29, 1.82) is 0 Å². The van der Waals surface area contributed by atoms with Crippen molar-refractivity contribution >= 4 is 57.2 Å². The number of nitrogens with zero attached hydrogens (tertiary/aromatic N) is 3. The lowest BCUT2D eigenvalue weighted by Crippen LogP contribution is -2.43. The average molecular weight is 540 g/mol. The average Bonchev–Trinajstić information content (AvgIpc) is 3.04. The van der Waals surface area contributed by atoms with Gasteiger partial charge in [-0.15, -0.1) is 35.3 Å². The number of halogens is 2. The van der Waals surface area contributed by atoms with Crippen molar-refractivity contribution in [3.63, 3.8) is 0 Å². The van der Waals surface area contributed by atoms with E-state index in [0.29, 0.717) is 6.54 Å². The highest BCUT2D eigenvalue weighted by molar-refractivity contribution is 14.0. The molecular weight excluding hydrogens is 513 g/mol. The first-order valence-electron chi connectivity index (χ1n) is 8.17. The first-order chi connectivity index (χ1) is 11.4. The van der Waals surface area contributed by atoms with Gasteiger partial charge in [-0.05, 0) is 61.7 Å². The number of guanidine groups is 1. The van der Waals surface area contributed by atoms with Crippen molar-refractivity contribution < 1.29 is 0 Å². The highest BCUT2D eigenvalue weighted by Gasteiger charge is 2.14. The molecule has 1 unspecified atom stereocenters. The molecule has 0 radical (unpaired) electrons. The maximum atomic E-state index is 4.69. The lowest BCUT2D eigenvalue weighted by molar-refractivity contribution is 0.636. The topological polar surface area (TPSA) is 54.2 Å². The van der Waals surface area contributed by atoms with Gasteiger partial charge >= 0.3 is 0 Å². The molecule has 8 heteroatoms. The molecule has 0 aromatic carbocycles. The van der Waals surface area contributed by atoms with Crippen LogP contribution in [0.15, 0.2) is 20.9 Å². The van der Waals surface area contributed by atoms with E-state index in [2.05, 4.69) is 70.8 Å². The SMILES string of the molecule is CCNC(=NCc1cc(Br)cs1)NC(C)Cc1c(C)nn(C)c1C.I. The summed E-state index contributed by atoms with van der Waals surface area (Å²) >= 11 is 5.20. The highest BCUT2D eigenvalue weighted by Crippen LogP contribution is 2.20. The van der Waals surface area contributed by atoms with Gasteiger partial charge in [0.15, 0.2) is 5.96 Å². The van der Waals surface area contributed by atoms with Gasteiger partial charge in [0.1, 0.15) is 0 Å². The number of nitrogens with one attached hydrogen (secondary N) is 2. The molecule has 0 aliphatic heterocycles. The lowest BCUT2D eigenvalue weighted by atomic mass is 10.1. The van der Waals surface area contributed by atoms with Crippen molar-refractivity contribution in [2.45, 2.75) is 46.7 Å². The molecule has 0 aliphatic rings. The molecule has 2 N–H and O–H groups in total. The van der Waals surface area contributed by atoms with Crippen molar-refractivity contribution in [1.82, 2.24) is 20.4 Å². The van der Waals surface area contributed by atoms with Gasteiger partial charge in [0.25, 0.3) is 0 Å². The number of aromatic nitrogens is 2. The van der Waals surface area contributed by atoms with Gasteiger partial charge in [-0.25, -0.2) is 4.99 Å². The Bertz CT molecular complexity index is 710. The summed E-state index contributed by atoms with van der Waals surface area (Å²) < 4.78 is 3.07. The normalized spacial score (nSPS) is 12.6. The molecule has 0 amide bonds. The third-order valence-electron chi connectivity index (χ3n) is 3.91. The molecule has 0 saturated carbocycles. The van der Waals surface area contributed by atoms with Gasteiger partial charge in [0, 0.05) is 40.1 Å². The van der Waals surface area contributed by atoms with E-state index >= 15 is 0 Å². The maximum absolute atomic E-state index is 4.69. The maximum Gasteiger partial charge on any atom is 0.191 e. The molecule has 2 rings (SSSR count). The summed E-state index contributed by atoms with van der Waals surface area (Å²) in [6.07, 6.45) is 0.931. The number of aliphatic imine (C=N–C) groups is 1. The van der Waals surface area contributed by atoms with Crippen LogP contribution in [0.2, 0.25) is 0 Å². The van der Waals surface area contributed by atoms with Crippen LogP contribution in [0.5, 0.6) is 0 Å². The van der Waals surface area contributed by atoms with Crippen molar-refractivity contribution in [2.75, 3.05) is 6.54 Å². The van der Waals surface area contributed by atoms with Gasteiger partial charge in [-0.1, -0.05) is 0 Å². The Labute approximate surface area is 179 Å². The Kier molecular flexibility index (Phi) is 9.44. The van der Waals surface area contributed by atoms with Gasteiger partial charge in [0.05, 0.1) is 12.2 Å². The summed E-state index contributed by atoms with van der Waals surface area (Å²) in [6.45, 7) is 9.99. The fourth-order valence-electron chi connectivity index (χ4n) is 2.62. The van der Waals surface area contributed by atoms with Crippen molar-refractivity contribution in [2.24, 2.45) is 12.0 Å². The minimum absolute atomic E-state index is 0. The standard InChI is InChI=1S/C17H26BrN5S.HI/c1-6-19-17(20-9-15-8-14(18)10-24-15)21-11(2)7-16-12(3)22-23(5)13(16)4;/h8,10-11H,6-7,9H2,1-5H3,(H2,19,20,21);1H. The monoisotopic (exact) mass is 539 g/mol. The minimum atomic E-state index is 0. The number of hydrogen-bond donors (Lipinski definition) is 2. The zero-order valence-corrected chi connectivity index (χ0v) is 20.1. The van der Waals surface area contributed by atoms with Crippen LogP contribution in [0.1, 0.15) is 35.7 Å². The van der Waals surface area contributed by atoms with Crippen LogP contribution in [0.25, 0.3) is 0 Å². The molecule has 25 heavy (non-hydrogen) atoms. The summed E-state index contributed by atoms with van der Waals surface area (Å²) in [6, 6.07) is 2.39. The Morgan fingerprint density at radius 1 is 1.44 bits per heavy atom. The molecule has 0 aliphatic carbocycles. The van der Waals surface area contributed by atoms with Gasteiger partial charge in [-0.3, -0.25) is 4.68 Å². The van der Waals surface area contributed by atoms with Crippen LogP contribution in [-0.2, 0) is 20.0 Å². The van der Waals surface area contributed by atoms with E-state index in [9.17, 15) is 0 Å². The van der Waals surface area contributed by atoms with Gasteiger partial charge in [-0.2, -0.15) is 5.10 Å². The molecule has 1 atom stereocenters. The zero-order valence-electron chi connectivity index (χ0n) is 15.4. The molecule has 0 fully saturated rings. The molecule has 140 valence electrons. The minimum Gasteiger partial charge on any atom is -0.357 e. The number of aryl methyl sites for hydroxylation is 2. The van der Waals surface area contributed by atoms with E-state index in [0.717, 1.165) is 29.1 Å². The molecular formula is C17H27BrIN5S. The fourth-order valence-corrected chi connectivity index (χ4v) is 3.99. The Morgan fingerprint density at radius 2 is 2.16 bits per heavy atom. The molecule has 2 aromatic heterocycles. The fraction of sp³-hybridized carbons (Fsp3) is 0.529. The van der Waals surface area contributed by atoms with E-state index in [1.54, 1.807) is 11.3 Å². The molecule has 2 aromatic rings. The second-order valence-electron chi connectivity index (χ2n) is 5.95. The van der Waals surface area contributed by atoms with E-state index in [4.69, 9.17) is 4.99 Å². The van der Waals surface area contributed by atoms with Crippen LogP contribution in [0, 0.1) is 13.8 Å². The van der Waals surface area contributed by atoms with Gasteiger partial charge < -0.3 is 10.6 Å². The van der Waals surface area contributed by atoms with E-state index in [1.165, 1.54) is 16.1 Å². The summed E-state index contributed by atoms with van der Waals surface area (Å²) in [4.78, 5) is 5.93. The Hall–Kier alpha value is -0.610. The third-order valence-corrected chi connectivity index (χ3v) is 5.59. The van der Waals surface area contributed by atoms with E-state index in [1.807, 2.05) is 11.7 Å². The molecule has 0 spiro atoms. The van der Waals surface area contributed by atoms with Crippen LogP contribution >= 0.6 is 51.2 Å². The highest BCUT2D eigenvalue weighted by atomic mass is 127. The first kappa shape index (κ1) is 22.4. The lowest BCUT2D eigenvalue weighted by Gasteiger charge is -2.18. The third kappa shape index (κ3) is 6.56. The Morgan fingerprint density at radius 3 is 2.68 bits per heavy atom. The molecule has 0 saturated heterocycles. The molecule has 5 nitrogen and oxygen atoms in total. The second kappa shape index (κ2) is 10.5. The molecule has 0 bridgehead atoms. The van der Waals surface area contributed by atoms with Crippen LogP contribution < -0.4 is 10.6 Å². The van der Waals surface area contributed by atoms with E-state index in [-0.39, 0.29) is 30.0 Å². The van der Waals surface area contributed by atoms with Crippen molar-refractivity contribution in [3.8, 4) is 0 Å². The van der Waals surface area contributed by atoms with E-state index < -0.39 is 0 Å². The Balaban J connectivity index is 0.00000312. The molecule has 2 heterocycles. The van der Waals surface area contributed by atoms with Gasteiger partial charge in [0.2, 0.25) is 0 Å². The predicted molar refractivity (Wildman–Crippen MR) is 121 cm³/mol. The first-order valence-corrected chi connectivity index (χ1v) is 9.84. The van der Waals surface area contributed by atoms with Crippen LogP contribution in [0.4, 0.5) is 0 Å².